The fourth-order valence-electron chi connectivity index (χ4n) is 4.71. The van der Waals surface area contributed by atoms with Crippen LogP contribution in [0.3, 0.4) is 0 Å². The summed E-state index contributed by atoms with van der Waals surface area (Å²) < 4.78 is 26.9. The molecule has 5 N–H and O–H groups in total. The van der Waals surface area contributed by atoms with Gasteiger partial charge in [-0.1, -0.05) is 65.3 Å². The molecule has 1 saturated heterocycles. The molecule has 1 aliphatic heterocycles. The van der Waals surface area contributed by atoms with Crippen molar-refractivity contribution < 1.29 is 38.1 Å². The Hall–Kier alpha value is -2.50. The Kier molecular flexibility index (Phi) is 12.8. The summed E-state index contributed by atoms with van der Waals surface area (Å²) >= 11 is 6.03. The van der Waals surface area contributed by atoms with Crippen molar-refractivity contribution in [2.75, 3.05) is 26.4 Å². The highest BCUT2D eigenvalue weighted by molar-refractivity contribution is 7.39. The van der Waals surface area contributed by atoms with Crippen LogP contribution in [0.2, 0.25) is 5.02 Å². The first-order chi connectivity index (χ1) is 19.8. The number of carbonyl (C=O) groups excluding carboxylic acids is 3. The van der Waals surface area contributed by atoms with Crippen LogP contribution in [-0.4, -0.2) is 72.0 Å². The number of piperidine rings is 1. The number of likely N-dealkylation sites (tertiary alicyclic amines) is 1. The minimum atomic E-state index is -2.23. The maximum Gasteiger partial charge on any atom is 0.530 e. The second-order valence-electron chi connectivity index (χ2n) is 12.8. The average Bonchev–Trinajstić information content (AvgIpc) is 2.91. The van der Waals surface area contributed by atoms with Gasteiger partial charge in [-0.15, -0.1) is 4.52 Å². The lowest BCUT2D eigenvalue weighted by Crippen LogP contribution is -2.61. The van der Waals surface area contributed by atoms with Gasteiger partial charge < -0.3 is 30.1 Å². The number of amides is 3. The van der Waals surface area contributed by atoms with E-state index >= 15 is 0 Å². The number of hydrogen-bond acceptors (Lipinski definition) is 9. The number of aliphatic hydroxyl groups is 1. The van der Waals surface area contributed by atoms with Crippen LogP contribution < -0.4 is 16.4 Å². The Labute approximate surface area is 260 Å². The average molecular weight is 646 g/mol. The van der Waals surface area contributed by atoms with E-state index in [1.165, 1.54) is 0 Å². The second-order valence-corrected chi connectivity index (χ2v) is 14.7. The van der Waals surface area contributed by atoms with E-state index in [9.17, 15) is 24.1 Å². The van der Waals surface area contributed by atoms with Gasteiger partial charge in [-0.05, 0) is 48.4 Å². The summed E-state index contributed by atoms with van der Waals surface area (Å²) in [5.74, 6) is -1.27. The van der Waals surface area contributed by atoms with Gasteiger partial charge in [0.2, 0.25) is 18.5 Å². The van der Waals surface area contributed by atoms with E-state index in [1.807, 2.05) is 27.7 Å². The molecule has 43 heavy (non-hydrogen) atoms. The molecule has 0 aromatic heterocycles. The molecule has 14 heteroatoms. The molecule has 0 saturated carbocycles. The standard InChI is InChI=1S/C29H46ClN4O8P/c1-18(2)22(24(35)34-14-13-29(38,27(5,6)16-34)20-9-11-21(30)12-10-20)33-25(36)32-15-28(7,8)42-26(37)40-17-41-43(39)23(31)19(3)4/h9-12,18-19,22-23,38H,13-17,31H2,1-8H3,(H-,32,33,36)/p+1/t22-,23?,29+/m1/s1. The molecule has 1 aliphatic rings. The molecule has 0 radical (unpaired) electrons. The van der Waals surface area contributed by atoms with Crippen molar-refractivity contribution in [3.63, 3.8) is 0 Å². The largest absolute Gasteiger partial charge is 0.530 e. The van der Waals surface area contributed by atoms with E-state index in [2.05, 4.69) is 10.6 Å². The summed E-state index contributed by atoms with van der Waals surface area (Å²) in [4.78, 5) is 40.1. The van der Waals surface area contributed by atoms with Crippen LogP contribution in [0.4, 0.5) is 9.59 Å². The lowest BCUT2D eigenvalue weighted by atomic mass is 9.66. The fourth-order valence-corrected chi connectivity index (χ4v) is 5.66. The Bertz CT molecular complexity index is 1150. The first kappa shape index (κ1) is 36.7. The van der Waals surface area contributed by atoms with Gasteiger partial charge in [-0.2, -0.15) is 0 Å². The highest BCUT2D eigenvalue weighted by atomic mass is 35.5. The SMILES string of the molecule is CC(C)C(N)[P+](=O)OCOC(=O)OC(C)(C)CNC(=O)N[C@@H](C(=O)N1CC[C@](O)(c2ccc(Cl)cc2)C(C)(C)C1)C(C)C. The smallest absolute Gasteiger partial charge is 0.426 e. The van der Waals surface area contributed by atoms with E-state index < -0.39 is 55.4 Å². The molecule has 3 amide bonds. The molecule has 0 aliphatic carbocycles. The highest BCUT2D eigenvalue weighted by Gasteiger charge is 2.50. The number of hydrogen-bond donors (Lipinski definition) is 4. The van der Waals surface area contributed by atoms with Crippen LogP contribution in [0.15, 0.2) is 24.3 Å². The van der Waals surface area contributed by atoms with Gasteiger partial charge in [-0.25, -0.2) is 9.59 Å². The summed E-state index contributed by atoms with van der Waals surface area (Å²) in [5, 5.41) is 17.6. The van der Waals surface area contributed by atoms with Crippen LogP contribution in [0.25, 0.3) is 0 Å². The quantitative estimate of drug-likeness (QED) is 0.143. The van der Waals surface area contributed by atoms with Crippen molar-refractivity contribution in [2.24, 2.45) is 23.0 Å². The van der Waals surface area contributed by atoms with Crippen LogP contribution in [-0.2, 0) is 29.0 Å². The fraction of sp³-hybridized carbons (Fsp3) is 0.690. The minimum Gasteiger partial charge on any atom is -0.426 e. The number of halogens is 1. The maximum atomic E-state index is 13.6. The Morgan fingerprint density at radius 2 is 1.74 bits per heavy atom. The predicted molar refractivity (Wildman–Crippen MR) is 164 cm³/mol. The molecule has 242 valence electrons. The minimum absolute atomic E-state index is 0.0795. The number of carbonyl (C=O) groups is 3. The second kappa shape index (κ2) is 15.0. The van der Waals surface area contributed by atoms with Crippen LogP contribution in [0.5, 0.6) is 0 Å². The summed E-state index contributed by atoms with van der Waals surface area (Å²) in [5.41, 5.74) is 3.46. The van der Waals surface area contributed by atoms with Crippen molar-refractivity contribution in [1.82, 2.24) is 15.5 Å². The molecule has 0 spiro atoms. The Balaban J connectivity index is 1.92. The van der Waals surface area contributed by atoms with Crippen molar-refractivity contribution in [3.05, 3.63) is 34.9 Å². The lowest BCUT2D eigenvalue weighted by Gasteiger charge is -2.51. The van der Waals surface area contributed by atoms with Crippen molar-refractivity contribution >= 4 is 37.7 Å². The Morgan fingerprint density at radius 3 is 2.28 bits per heavy atom. The molecule has 4 atom stereocenters. The van der Waals surface area contributed by atoms with E-state index in [1.54, 1.807) is 56.9 Å². The number of urea groups is 1. The topological polar surface area (TPSA) is 170 Å². The zero-order valence-electron chi connectivity index (χ0n) is 26.3. The number of nitrogens with zero attached hydrogens (tertiary/aromatic N) is 1. The Morgan fingerprint density at radius 1 is 1.14 bits per heavy atom. The first-order valence-corrected chi connectivity index (χ1v) is 15.9. The highest BCUT2D eigenvalue weighted by Crippen LogP contribution is 2.46. The maximum absolute atomic E-state index is 13.6. The number of benzene rings is 1. The molecule has 1 aromatic rings. The van der Waals surface area contributed by atoms with Crippen molar-refractivity contribution in [3.8, 4) is 0 Å². The van der Waals surface area contributed by atoms with Gasteiger partial charge in [0.05, 0.1) is 12.1 Å². The van der Waals surface area contributed by atoms with E-state index in [0.29, 0.717) is 18.0 Å². The molecular formula is C29H47ClN4O8P+. The molecule has 2 rings (SSSR count). The third-order valence-electron chi connectivity index (χ3n) is 7.62. The number of rotatable bonds is 12. The van der Waals surface area contributed by atoms with Crippen molar-refractivity contribution in [1.29, 1.82) is 0 Å². The van der Waals surface area contributed by atoms with E-state index in [0.717, 1.165) is 5.56 Å². The van der Waals surface area contributed by atoms with Gasteiger partial charge in [0.1, 0.15) is 11.6 Å². The van der Waals surface area contributed by atoms with Gasteiger partial charge in [0.15, 0.2) is 0 Å². The predicted octanol–water partition coefficient (Wildman–Crippen LogP) is 4.70. The molecule has 1 fully saturated rings. The summed E-state index contributed by atoms with van der Waals surface area (Å²) in [6.07, 6.45) is -0.756. The number of nitrogens with two attached hydrogens (primary N) is 1. The van der Waals surface area contributed by atoms with Crippen LogP contribution in [0.1, 0.15) is 67.4 Å². The molecule has 2 unspecified atom stereocenters. The van der Waals surface area contributed by atoms with Gasteiger partial charge in [-0.3, -0.25) is 10.5 Å². The van der Waals surface area contributed by atoms with Crippen LogP contribution in [0, 0.1) is 17.3 Å². The zero-order chi connectivity index (χ0) is 32.8. The molecular weight excluding hydrogens is 599 g/mol. The van der Waals surface area contributed by atoms with Gasteiger partial charge >= 0.3 is 20.2 Å². The zero-order valence-corrected chi connectivity index (χ0v) is 28.0. The summed E-state index contributed by atoms with van der Waals surface area (Å²) in [7, 11) is -2.23. The third kappa shape index (κ3) is 10.0. The number of ether oxygens (including phenoxy) is 2. The molecule has 12 nitrogen and oxygen atoms in total. The number of nitrogens with one attached hydrogen (secondary N) is 2. The monoisotopic (exact) mass is 645 g/mol. The van der Waals surface area contributed by atoms with E-state index in [4.69, 9.17) is 31.3 Å². The molecule has 1 aromatic carbocycles. The van der Waals surface area contributed by atoms with E-state index in [-0.39, 0.29) is 30.8 Å². The van der Waals surface area contributed by atoms with Crippen LogP contribution >= 0.6 is 19.6 Å². The third-order valence-corrected chi connectivity index (χ3v) is 9.31. The van der Waals surface area contributed by atoms with Crippen molar-refractivity contribution in [2.45, 2.75) is 84.8 Å². The summed E-state index contributed by atoms with van der Waals surface area (Å²) in [6.45, 7) is 14.1. The normalized spacial score (nSPS) is 20.3. The van der Waals surface area contributed by atoms with Gasteiger partial charge in [0, 0.05) is 29.4 Å². The first-order valence-electron chi connectivity index (χ1n) is 14.3. The molecule has 1 heterocycles. The van der Waals surface area contributed by atoms with Gasteiger partial charge in [0.25, 0.3) is 0 Å². The summed E-state index contributed by atoms with van der Waals surface area (Å²) in [6, 6.07) is 5.62. The lowest BCUT2D eigenvalue weighted by molar-refractivity contribution is -0.155. The molecule has 0 bridgehead atoms.